The van der Waals surface area contributed by atoms with Crippen molar-refractivity contribution in [3.8, 4) is 0 Å². The maximum Gasteiger partial charge on any atom is 0.0314 e. The summed E-state index contributed by atoms with van der Waals surface area (Å²) in [5.41, 5.74) is 0. The Bertz CT molecular complexity index is 323. The monoisotopic (exact) mass is 337 g/mol. The van der Waals surface area contributed by atoms with Gasteiger partial charge in [-0.25, -0.2) is 0 Å². The van der Waals surface area contributed by atoms with E-state index in [0.717, 1.165) is 11.7 Å². The molecule has 2 rings (SSSR count). The van der Waals surface area contributed by atoms with Gasteiger partial charge in [-0.15, -0.1) is 11.3 Å². The summed E-state index contributed by atoms with van der Waals surface area (Å²) in [6, 6.07) is 2.75. The van der Waals surface area contributed by atoms with Crippen molar-refractivity contribution in [1.82, 2.24) is 5.32 Å². The van der Waals surface area contributed by atoms with Crippen LogP contribution >= 0.6 is 50.8 Å². The summed E-state index contributed by atoms with van der Waals surface area (Å²) in [5.74, 6) is 3.92. The van der Waals surface area contributed by atoms with E-state index in [9.17, 15) is 0 Å². The van der Waals surface area contributed by atoms with E-state index in [1.54, 1.807) is 0 Å². The molecule has 0 aromatic carbocycles. The third-order valence-electron chi connectivity index (χ3n) is 2.76. The first-order chi connectivity index (χ1) is 7.81. The molecule has 0 saturated carbocycles. The van der Waals surface area contributed by atoms with Crippen molar-refractivity contribution in [2.75, 3.05) is 24.3 Å². The molecular weight excluding hydrogens is 322 g/mol. The predicted octanol–water partition coefficient (Wildman–Crippen LogP) is 3.49. The van der Waals surface area contributed by atoms with Crippen LogP contribution in [0.3, 0.4) is 0 Å². The van der Waals surface area contributed by atoms with E-state index in [4.69, 9.17) is 0 Å². The number of rotatable bonds is 4. The summed E-state index contributed by atoms with van der Waals surface area (Å²) in [5, 5.41) is 6.41. The molecule has 1 aromatic rings. The summed E-state index contributed by atoms with van der Waals surface area (Å²) in [6.07, 6.45) is 1.15. The molecule has 0 aliphatic carbocycles. The second-order valence-corrected chi connectivity index (χ2v) is 8.13. The number of thioether (sulfide) groups is 2. The van der Waals surface area contributed by atoms with Crippen molar-refractivity contribution in [2.45, 2.75) is 17.7 Å². The fourth-order valence-corrected chi connectivity index (χ4v) is 6.33. The molecule has 5 heteroatoms. The molecule has 0 bridgehead atoms. The SMILES string of the molecule is CNC(Cc1sccc1Br)C1CSCCS1. The largest absolute Gasteiger partial charge is 0.316 e. The van der Waals surface area contributed by atoms with Gasteiger partial charge in [0.05, 0.1) is 0 Å². The van der Waals surface area contributed by atoms with Crippen LogP contribution in [0, 0.1) is 0 Å². The summed E-state index contributed by atoms with van der Waals surface area (Å²) < 4.78 is 1.27. The maximum atomic E-state index is 3.62. The summed E-state index contributed by atoms with van der Waals surface area (Å²) in [4.78, 5) is 1.47. The predicted molar refractivity (Wildman–Crippen MR) is 82.1 cm³/mol. The van der Waals surface area contributed by atoms with Crippen molar-refractivity contribution >= 4 is 50.8 Å². The van der Waals surface area contributed by atoms with Gasteiger partial charge in [0, 0.05) is 37.9 Å². The minimum Gasteiger partial charge on any atom is -0.316 e. The second-order valence-electron chi connectivity index (χ2n) is 3.78. The lowest BCUT2D eigenvalue weighted by Crippen LogP contribution is -2.40. The minimum absolute atomic E-state index is 0.604. The average Bonchev–Trinajstić information content (AvgIpc) is 2.73. The van der Waals surface area contributed by atoms with Crippen LogP contribution in [0.15, 0.2) is 15.9 Å². The molecule has 2 atom stereocenters. The number of nitrogens with one attached hydrogen (secondary N) is 1. The van der Waals surface area contributed by atoms with Crippen molar-refractivity contribution in [1.29, 1.82) is 0 Å². The maximum absolute atomic E-state index is 3.62. The lowest BCUT2D eigenvalue weighted by atomic mass is 10.1. The highest BCUT2D eigenvalue weighted by Gasteiger charge is 2.24. The van der Waals surface area contributed by atoms with Gasteiger partial charge in [-0.1, -0.05) is 0 Å². The van der Waals surface area contributed by atoms with E-state index in [1.165, 1.54) is 26.6 Å². The molecule has 2 unspecified atom stereocenters. The fourth-order valence-electron chi connectivity index (χ4n) is 1.83. The molecule has 16 heavy (non-hydrogen) atoms. The third-order valence-corrected chi connectivity index (χ3v) is 7.63. The molecule has 1 aromatic heterocycles. The van der Waals surface area contributed by atoms with Gasteiger partial charge in [0.15, 0.2) is 0 Å². The van der Waals surface area contributed by atoms with E-state index in [-0.39, 0.29) is 0 Å². The smallest absolute Gasteiger partial charge is 0.0314 e. The van der Waals surface area contributed by atoms with Crippen molar-refractivity contribution in [3.05, 3.63) is 20.8 Å². The average molecular weight is 338 g/mol. The first-order valence-electron chi connectivity index (χ1n) is 5.39. The zero-order valence-corrected chi connectivity index (χ0v) is 13.3. The van der Waals surface area contributed by atoms with E-state index < -0.39 is 0 Å². The molecule has 1 N–H and O–H groups in total. The van der Waals surface area contributed by atoms with Crippen LogP contribution in [0.25, 0.3) is 0 Å². The molecule has 1 saturated heterocycles. The molecule has 1 nitrogen and oxygen atoms in total. The molecule has 1 aliphatic heterocycles. The van der Waals surface area contributed by atoms with Crippen LogP contribution in [0.5, 0.6) is 0 Å². The van der Waals surface area contributed by atoms with Gasteiger partial charge in [-0.2, -0.15) is 23.5 Å². The Morgan fingerprint density at radius 3 is 3.00 bits per heavy atom. The molecule has 2 heterocycles. The van der Waals surface area contributed by atoms with Gasteiger partial charge in [0.2, 0.25) is 0 Å². The van der Waals surface area contributed by atoms with Crippen molar-refractivity contribution in [2.24, 2.45) is 0 Å². The lowest BCUT2D eigenvalue weighted by molar-refractivity contribution is 0.560. The number of likely N-dealkylation sites (N-methyl/N-ethyl adjacent to an activating group) is 1. The van der Waals surface area contributed by atoms with E-state index >= 15 is 0 Å². The number of hydrogen-bond acceptors (Lipinski definition) is 4. The van der Waals surface area contributed by atoms with E-state index in [0.29, 0.717) is 6.04 Å². The Hall–Kier alpha value is 0.840. The zero-order chi connectivity index (χ0) is 11.4. The lowest BCUT2D eigenvalue weighted by Gasteiger charge is -2.29. The molecule has 0 radical (unpaired) electrons. The Balaban J connectivity index is 1.97. The zero-order valence-electron chi connectivity index (χ0n) is 9.24. The Kier molecular flexibility index (Phi) is 5.55. The third kappa shape index (κ3) is 3.42. The Morgan fingerprint density at radius 1 is 1.56 bits per heavy atom. The highest BCUT2D eigenvalue weighted by atomic mass is 79.9. The molecule has 0 spiro atoms. The molecule has 90 valence electrons. The fraction of sp³-hybridized carbons (Fsp3) is 0.636. The molecule has 1 aliphatic rings. The highest BCUT2D eigenvalue weighted by Crippen LogP contribution is 2.30. The molecular formula is C11H16BrNS3. The minimum atomic E-state index is 0.604. The van der Waals surface area contributed by atoms with Crippen LogP contribution < -0.4 is 5.32 Å². The van der Waals surface area contributed by atoms with Crippen molar-refractivity contribution < 1.29 is 0 Å². The van der Waals surface area contributed by atoms with Gasteiger partial charge in [0.25, 0.3) is 0 Å². The van der Waals surface area contributed by atoms with Crippen LogP contribution in [-0.4, -0.2) is 35.6 Å². The van der Waals surface area contributed by atoms with Gasteiger partial charge < -0.3 is 5.32 Å². The van der Waals surface area contributed by atoms with Gasteiger partial charge in [-0.3, -0.25) is 0 Å². The van der Waals surface area contributed by atoms with E-state index in [2.05, 4.69) is 63.3 Å². The van der Waals surface area contributed by atoms with Crippen LogP contribution in [-0.2, 0) is 6.42 Å². The molecule has 0 amide bonds. The Labute approximate surface area is 118 Å². The van der Waals surface area contributed by atoms with Gasteiger partial charge in [0.1, 0.15) is 0 Å². The molecule has 1 fully saturated rings. The van der Waals surface area contributed by atoms with Gasteiger partial charge in [-0.05, 0) is 40.8 Å². The number of halogens is 1. The Morgan fingerprint density at radius 2 is 2.44 bits per heavy atom. The summed E-state index contributed by atoms with van der Waals surface area (Å²) >= 11 is 9.70. The standard InChI is InChI=1S/C11H16BrNS3/c1-13-9(11-7-14-4-5-16-11)6-10-8(12)2-3-15-10/h2-3,9,11,13H,4-7H2,1H3. The quantitative estimate of drug-likeness (QED) is 0.903. The van der Waals surface area contributed by atoms with Crippen molar-refractivity contribution in [3.63, 3.8) is 0 Å². The second kappa shape index (κ2) is 6.69. The highest BCUT2D eigenvalue weighted by molar-refractivity contribution is 9.10. The normalized spacial score (nSPS) is 23.2. The first kappa shape index (κ1) is 13.3. The summed E-state index contributed by atoms with van der Waals surface area (Å²) in [6.45, 7) is 0. The summed E-state index contributed by atoms with van der Waals surface area (Å²) in [7, 11) is 2.09. The topological polar surface area (TPSA) is 12.0 Å². The van der Waals surface area contributed by atoms with Crippen LogP contribution in [0.2, 0.25) is 0 Å². The number of thiophene rings is 1. The van der Waals surface area contributed by atoms with E-state index in [1.807, 2.05) is 11.3 Å². The van der Waals surface area contributed by atoms with Gasteiger partial charge >= 0.3 is 0 Å². The van der Waals surface area contributed by atoms with Crippen LogP contribution in [0.1, 0.15) is 4.88 Å². The first-order valence-corrected chi connectivity index (χ1v) is 9.27. The number of hydrogen-bond donors (Lipinski definition) is 1. The van der Waals surface area contributed by atoms with Crippen LogP contribution in [0.4, 0.5) is 0 Å².